The van der Waals surface area contributed by atoms with Crippen LogP contribution < -0.4 is 5.32 Å². The molecule has 1 aromatic carbocycles. The average molecular weight is 417 g/mol. The predicted octanol–water partition coefficient (Wildman–Crippen LogP) is 4.01. The van der Waals surface area contributed by atoms with Crippen LogP contribution in [-0.2, 0) is 28.9 Å². The number of ketones is 1. The first-order valence-electron chi connectivity index (χ1n) is 8.97. The van der Waals surface area contributed by atoms with Crippen molar-refractivity contribution >= 4 is 46.2 Å². The number of hydrogen-bond donors (Lipinski definition) is 1. The molecular weight excluding hydrogens is 399 g/mol. The highest BCUT2D eigenvalue weighted by Crippen LogP contribution is 2.31. The van der Waals surface area contributed by atoms with Gasteiger partial charge in [-0.15, -0.1) is 0 Å². The van der Waals surface area contributed by atoms with Crippen molar-refractivity contribution in [2.24, 2.45) is 0 Å². The molecule has 1 amide bonds. The lowest BCUT2D eigenvalue weighted by Crippen LogP contribution is -2.14. The number of hydrogen-bond acceptors (Lipinski definition) is 4. The molecule has 6 nitrogen and oxygen atoms in total. The van der Waals surface area contributed by atoms with E-state index in [1.807, 2.05) is 13.8 Å². The average Bonchev–Trinajstić information content (AvgIpc) is 3.15. The van der Waals surface area contributed by atoms with Crippen LogP contribution in [0.25, 0.3) is 5.65 Å². The molecule has 1 N–H and O–H groups in total. The Morgan fingerprint density at radius 1 is 1.21 bits per heavy atom. The SMILES string of the molecule is CC(C)c1c(CC(=O)Cc2cc(Cl)cc3c2NC(=O)C3)cnc2cc(Cl)nn12. The number of amides is 1. The van der Waals surface area contributed by atoms with Crippen LogP contribution in [0.3, 0.4) is 0 Å². The van der Waals surface area contributed by atoms with Crippen LogP contribution in [0, 0.1) is 0 Å². The zero-order chi connectivity index (χ0) is 20.0. The fourth-order valence-electron chi connectivity index (χ4n) is 3.72. The molecule has 2 aromatic heterocycles. The Kier molecular flexibility index (Phi) is 4.85. The van der Waals surface area contributed by atoms with Crippen LogP contribution in [0.5, 0.6) is 0 Å². The Labute approximate surface area is 171 Å². The number of fused-ring (bicyclic) bond motifs is 2. The predicted molar refractivity (Wildman–Crippen MR) is 108 cm³/mol. The van der Waals surface area contributed by atoms with E-state index in [-0.39, 0.29) is 36.9 Å². The first kappa shape index (κ1) is 18.9. The molecule has 144 valence electrons. The van der Waals surface area contributed by atoms with Crippen LogP contribution in [0.2, 0.25) is 10.2 Å². The minimum absolute atomic E-state index is 0.00641. The molecule has 0 aliphatic carbocycles. The molecule has 0 fully saturated rings. The van der Waals surface area contributed by atoms with Gasteiger partial charge in [0.25, 0.3) is 0 Å². The van der Waals surface area contributed by atoms with E-state index >= 15 is 0 Å². The zero-order valence-corrected chi connectivity index (χ0v) is 16.9. The third kappa shape index (κ3) is 3.50. The molecule has 3 aromatic rings. The number of anilines is 1. The van der Waals surface area contributed by atoms with Crippen molar-refractivity contribution in [1.82, 2.24) is 14.6 Å². The molecule has 28 heavy (non-hydrogen) atoms. The molecule has 0 saturated heterocycles. The van der Waals surface area contributed by atoms with E-state index in [1.165, 1.54) is 0 Å². The number of carbonyl (C=O) groups excluding carboxylic acids is 2. The topological polar surface area (TPSA) is 76.4 Å². The summed E-state index contributed by atoms with van der Waals surface area (Å²) in [5.74, 6) is 0.0594. The van der Waals surface area contributed by atoms with Gasteiger partial charge in [-0.25, -0.2) is 9.50 Å². The lowest BCUT2D eigenvalue weighted by molar-refractivity contribution is -0.118. The summed E-state index contributed by atoms with van der Waals surface area (Å²) in [7, 11) is 0. The van der Waals surface area contributed by atoms with Crippen LogP contribution in [0.15, 0.2) is 24.4 Å². The van der Waals surface area contributed by atoms with Gasteiger partial charge >= 0.3 is 0 Å². The second-order valence-electron chi connectivity index (χ2n) is 7.28. The molecule has 1 aliphatic rings. The molecule has 4 rings (SSSR count). The molecule has 8 heteroatoms. The lowest BCUT2D eigenvalue weighted by atomic mass is 9.97. The molecular formula is C20H18Cl2N4O2. The number of benzene rings is 1. The number of rotatable bonds is 5. The maximum absolute atomic E-state index is 12.9. The Morgan fingerprint density at radius 3 is 2.71 bits per heavy atom. The van der Waals surface area contributed by atoms with E-state index in [0.717, 1.165) is 22.4 Å². The van der Waals surface area contributed by atoms with Gasteiger partial charge in [-0.05, 0) is 34.7 Å². The molecule has 0 bridgehead atoms. The highest BCUT2D eigenvalue weighted by molar-refractivity contribution is 6.31. The van der Waals surface area contributed by atoms with Crippen molar-refractivity contribution < 1.29 is 9.59 Å². The van der Waals surface area contributed by atoms with Crippen LogP contribution in [-0.4, -0.2) is 26.3 Å². The molecule has 0 atom stereocenters. The van der Waals surface area contributed by atoms with Crippen molar-refractivity contribution in [1.29, 1.82) is 0 Å². The number of nitrogens with zero attached hydrogens (tertiary/aromatic N) is 3. The van der Waals surface area contributed by atoms with Gasteiger partial charge in [0.1, 0.15) is 5.78 Å². The zero-order valence-electron chi connectivity index (χ0n) is 15.4. The smallest absolute Gasteiger partial charge is 0.228 e. The highest BCUT2D eigenvalue weighted by atomic mass is 35.5. The van der Waals surface area contributed by atoms with Gasteiger partial charge < -0.3 is 5.32 Å². The normalized spacial score (nSPS) is 13.2. The van der Waals surface area contributed by atoms with Crippen LogP contribution in [0.4, 0.5) is 5.69 Å². The summed E-state index contributed by atoms with van der Waals surface area (Å²) in [6.07, 6.45) is 2.39. The van der Waals surface area contributed by atoms with Gasteiger partial charge in [0, 0.05) is 35.8 Å². The van der Waals surface area contributed by atoms with Crippen molar-refractivity contribution in [3.63, 3.8) is 0 Å². The van der Waals surface area contributed by atoms with Gasteiger partial charge in [-0.2, -0.15) is 5.10 Å². The molecule has 1 aliphatic heterocycles. The van der Waals surface area contributed by atoms with E-state index in [1.54, 1.807) is 28.9 Å². The molecule has 0 saturated carbocycles. The van der Waals surface area contributed by atoms with Crippen molar-refractivity contribution in [2.75, 3.05) is 5.32 Å². The summed E-state index contributed by atoms with van der Waals surface area (Å²) in [5.41, 5.74) is 4.66. The monoisotopic (exact) mass is 416 g/mol. The highest BCUT2D eigenvalue weighted by Gasteiger charge is 2.23. The Bertz CT molecular complexity index is 1120. The van der Waals surface area contributed by atoms with E-state index < -0.39 is 0 Å². The maximum Gasteiger partial charge on any atom is 0.228 e. The lowest BCUT2D eigenvalue weighted by Gasteiger charge is -2.14. The number of carbonyl (C=O) groups is 2. The summed E-state index contributed by atoms with van der Waals surface area (Å²) in [6, 6.07) is 5.19. The fourth-order valence-corrected chi connectivity index (χ4v) is 4.16. The first-order chi connectivity index (χ1) is 13.3. The van der Waals surface area contributed by atoms with E-state index in [0.29, 0.717) is 21.5 Å². The Morgan fingerprint density at radius 2 is 1.96 bits per heavy atom. The largest absolute Gasteiger partial charge is 0.325 e. The second kappa shape index (κ2) is 7.18. The second-order valence-corrected chi connectivity index (χ2v) is 8.10. The van der Waals surface area contributed by atoms with Gasteiger partial charge in [-0.1, -0.05) is 37.0 Å². The summed E-state index contributed by atoms with van der Waals surface area (Å²) < 4.78 is 1.70. The first-order valence-corrected chi connectivity index (χ1v) is 9.73. The van der Waals surface area contributed by atoms with Crippen molar-refractivity contribution in [2.45, 2.75) is 39.0 Å². The van der Waals surface area contributed by atoms with Crippen LogP contribution >= 0.6 is 23.2 Å². The third-order valence-corrected chi connectivity index (χ3v) is 5.18. The fraction of sp³-hybridized carbons (Fsp3) is 0.300. The minimum Gasteiger partial charge on any atom is -0.325 e. The maximum atomic E-state index is 12.9. The Hall–Kier alpha value is -2.44. The number of halogens is 2. The molecule has 0 spiro atoms. The third-order valence-electron chi connectivity index (χ3n) is 4.77. The Balaban J connectivity index is 1.64. The molecule has 0 radical (unpaired) electrons. The minimum atomic E-state index is -0.0849. The van der Waals surface area contributed by atoms with Crippen LogP contribution in [0.1, 0.15) is 42.1 Å². The van der Waals surface area contributed by atoms with Crippen molar-refractivity contribution in [3.8, 4) is 0 Å². The standard InChI is InChI=1S/C20H18Cl2N4O2/c1-10(2)20-13(9-23-17-8-16(22)25-26(17)20)6-15(27)5-11-3-14(21)4-12-7-18(28)24-19(11)12/h3-4,8-10H,5-7H2,1-2H3,(H,24,28). The number of nitrogens with one attached hydrogen (secondary N) is 1. The van der Waals surface area contributed by atoms with Crippen molar-refractivity contribution in [3.05, 3.63) is 57.0 Å². The summed E-state index contributed by atoms with van der Waals surface area (Å²) in [4.78, 5) is 28.9. The van der Waals surface area contributed by atoms with Gasteiger partial charge in [-0.3, -0.25) is 9.59 Å². The quantitative estimate of drug-likeness (QED) is 0.681. The molecule has 3 heterocycles. The molecule has 0 unspecified atom stereocenters. The summed E-state index contributed by atoms with van der Waals surface area (Å²) in [5, 5.41) is 8.01. The van der Waals surface area contributed by atoms with Gasteiger partial charge in [0.2, 0.25) is 5.91 Å². The summed E-state index contributed by atoms with van der Waals surface area (Å²) in [6.45, 7) is 4.08. The van der Waals surface area contributed by atoms with E-state index in [2.05, 4.69) is 15.4 Å². The number of Topliss-reactive ketones (excluding diaryl/α,β-unsaturated/α-hetero) is 1. The van der Waals surface area contributed by atoms with E-state index in [4.69, 9.17) is 23.2 Å². The summed E-state index contributed by atoms with van der Waals surface area (Å²) >= 11 is 12.2. The van der Waals surface area contributed by atoms with E-state index in [9.17, 15) is 9.59 Å². The van der Waals surface area contributed by atoms with Gasteiger partial charge in [0.05, 0.1) is 12.1 Å². The van der Waals surface area contributed by atoms with Gasteiger partial charge in [0.15, 0.2) is 10.8 Å². The number of aromatic nitrogens is 3.